The molecule has 1 amide bonds. The number of H-pyrrole nitrogens is 1. The van der Waals surface area contributed by atoms with Crippen LogP contribution in [0, 0.1) is 0 Å². The van der Waals surface area contributed by atoms with E-state index in [-0.39, 0.29) is 23.7 Å². The average molecular weight is 262 g/mol. The van der Waals surface area contributed by atoms with Crippen molar-refractivity contribution in [1.29, 1.82) is 0 Å². The van der Waals surface area contributed by atoms with Crippen LogP contribution in [0.15, 0.2) is 23.3 Å². The molecular weight excluding hydrogens is 252 g/mol. The molecule has 4 N–H and O–H groups in total. The minimum absolute atomic E-state index is 0.0595. The van der Waals surface area contributed by atoms with Gasteiger partial charge in [0.2, 0.25) is 5.91 Å². The maximum Gasteiger partial charge on any atom is 0.247 e. The van der Waals surface area contributed by atoms with Gasteiger partial charge in [-0.25, -0.2) is 5.43 Å². The molecule has 0 radical (unpaired) electrons. The third-order valence-electron chi connectivity index (χ3n) is 2.11. The van der Waals surface area contributed by atoms with Crippen LogP contribution in [0.25, 0.3) is 0 Å². The smallest absolute Gasteiger partial charge is 0.247 e. The molecule has 9 heteroatoms. The first-order valence-electron chi connectivity index (χ1n) is 5.21. The number of hydrazone groups is 1. The van der Waals surface area contributed by atoms with Gasteiger partial charge in [-0.3, -0.25) is 4.79 Å². The van der Waals surface area contributed by atoms with E-state index in [4.69, 9.17) is 5.11 Å². The molecule has 1 aromatic carbocycles. The summed E-state index contributed by atoms with van der Waals surface area (Å²) < 4.78 is 0. The molecule has 9 nitrogen and oxygen atoms in total. The number of benzene rings is 1. The van der Waals surface area contributed by atoms with E-state index in [0.717, 1.165) is 0 Å². The predicted octanol–water partition coefficient (Wildman–Crippen LogP) is -0.696. The summed E-state index contributed by atoms with van der Waals surface area (Å²) in [4.78, 5) is 11.4. The van der Waals surface area contributed by atoms with E-state index in [9.17, 15) is 9.90 Å². The maximum atomic E-state index is 11.4. The molecule has 0 aliphatic heterocycles. The number of nitrogens with one attached hydrogen (secondary N) is 2. The number of phenolic OH excluding ortho intramolecular Hbond substituents is 2. The Hall–Kier alpha value is -2.97. The van der Waals surface area contributed by atoms with Gasteiger partial charge in [0.05, 0.1) is 12.6 Å². The number of carbonyl (C=O) groups is 1. The van der Waals surface area contributed by atoms with Crippen LogP contribution < -0.4 is 5.43 Å². The largest absolute Gasteiger partial charge is 0.508 e. The van der Waals surface area contributed by atoms with Gasteiger partial charge in [-0.2, -0.15) is 10.3 Å². The Morgan fingerprint density at radius 1 is 1.47 bits per heavy atom. The minimum Gasteiger partial charge on any atom is -0.508 e. The second-order valence-electron chi connectivity index (χ2n) is 3.54. The number of hydrogen-bond donors (Lipinski definition) is 4. The topological polar surface area (TPSA) is 136 Å². The van der Waals surface area contributed by atoms with Gasteiger partial charge in [0.25, 0.3) is 0 Å². The van der Waals surface area contributed by atoms with Crippen molar-refractivity contribution in [2.75, 3.05) is 0 Å². The molecule has 19 heavy (non-hydrogen) atoms. The van der Waals surface area contributed by atoms with Crippen molar-refractivity contribution >= 4 is 12.1 Å². The number of aromatic nitrogens is 4. The average Bonchev–Trinajstić information content (AvgIpc) is 2.84. The number of rotatable bonds is 4. The monoisotopic (exact) mass is 262 g/mol. The lowest BCUT2D eigenvalue weighted by atomic mass is 10.2. The lowest BCUT2D eigenvalue weighted by Crippen LogP contribution is -2.20. The van der Waals surface area contributed by atoms with Crippen LogP contribution in [-0.2, 0) is 11.2 Å². The van der Waals surface area contributed by atoms with Crippen LogP contribution in [0.1, 0.15) is 11.4 Å². The van der Waals surface area contributed by atoms with E-state index in [2.05, 4.69) is 31.2 Å². The standard InChI is InChI=1S/C10H10N6O3/c17-7-2-1-6(8(18)3-7)5-11-14-10(19)4-9-12-15-16-13-9/h1-3,5,17-18H,4H2,(H,14,19)(H,12,13,15,16)/b11-5-. The predicted molar refractivity (Wildman–Crippen MR) is 63.4 cm³/mol. The molecule has 2 rings (SSSR count). The van der Waals surface area contributed by atoms with Gasteiger partial charge in [-0.05, 0) is 12.1 Å². The van der Waals surface area contributed by atoms with Crippen LogP contribution in [0.4, 0.5) is 0 Å². The molecular formula is C10H10N6O3. The van der Waals surface area contributed by atoms with Crippen LogP contribution in [0.5, 0.6) is 11.5 Å². The molecule has 0 spiro atoms. The first-order chi connectivity index (χ1) is 9.15. The number of amides is 1. The summed E-state index contributed by atoms with van der Waals surface area (Å²) in [5.74, 6) is -0.372. The van der Waals surface area contributed by atoms with Crippen LogP contribution in [0.2, 0.25) is 0 Å². The number of phenols is 2. The van der Waals surface area contributed by atoms with Crippen molar-refractivity contribution in [2.45, 2.75) is 6.42 Å². The molecule has 0 atom stereocenters. The van der Waals surface area contributed by atoms with Gasteiger partial charge in [-0.15, -0.1) is 10.2 Å². The highest BCUT2D eigenvalue weighted by atomic mass is 16.3. The third-order valence-corrected chi connectivity index (χ3v) is 2.11. The highest BCUT2D eigenvalue weighted by Gasteiger charge is 2.05. The molecule has 1 heterocycles. The van der Waals surface area contributed by atoms with Gasteiger partial charge in [0.1, 0.15) is 11.5 Å². The zero-order valence-corrected chi connectivity index (χ0v) is 9.61. The summed E-state index contributed by atoms with van der Waals surface area (Å²) in [6.07, 6.45) is 1.19. The highest BCUT2D eigenvalue weighted by Crippen LogP contribution is 2.20. The third kappa shape index (κ3) is 3.49. The van der Waals surface area contributed by atoms with Crippen LogP contribution in [-0.4, -0.2) is 43.0 Å². The molecule has 0 bridgehead atoms. The number of aromatic hydroxyl groups is 2. The van der Waals surface area contributed by atoms with Crippen molar-refractivity contribution < 1.29 is 15.0 Å². The number of carbonyl (C=O) groups excluding carboxylic acids is 1. The van der Waals surface area contributed by atoms with Gasteiger partial charge >= 0.3 is 0 Å². The zero-order valence-electron chi connectivity index (χ0n) is 9.61. The Morgan fingerprint density at radius 3 is 3.00 bits per heavy atom. The molecule has 2 aromatic rings. The fraction of sp³-hybridized carbons (Fsp3) is 0.100. The van der Waals surface area contributed by atoms with E-state index in [1.807, 2.05) is 0 Å². The van der Waals surface area contributed by atoms with Crippen molar-refractivity contribution in [3.8, 4) is 11.5 Å². The van der Waals surface area contributed by atoms with Gasteiger partial charge < -0.3 is 10.2 Å². The van der Waals surface area contributed by atoms with E-state index >= 15 is 0 Å². The molecule has 0 fully saturated rings. The van der Waals surface area contributed by atoms with Gasteiger partial charge in [-0.1, -0.05) is 5.21 Å². The lowest BCUT2D eigenvalue weighted by molar-refractivity contribution is -0.120. The molecule has 0 aliphatic carbocycles. The molecule has 0 saturated heterocycles. The lowest BCUT2D eigenvalue weighted by Gasteiger charge is -1.99. The quantitative estimate of drug-likeness (QED) is 0.425. The summed E-state index contributed by atoms with van der Waals surface area (Å²) in [7, 11) is 0. The fourth-order valence-electron chi connectivity index (χ4n) is 1.26. The summed E-state index contributed by atoms with van der Waals surface area (Å²) in [5.41, 5.74) is 2.61. The Morgan fingerprint density at radius 2 is 2.32 bits per heavy atom. The van der Waals surface area contributed by atoms with Crippen LogP contribution in [0.3, 0.4) is 0 Å². The van der Waals surface area contributed by atoms with Crippen molar-refractivity contribution in [3.63, 3.8) is 0 Å². The number of nitrogens with zero attached hydrogens (tertiary/aromatic N) is 4. The number of aromatic amines is 1. The molecule has 0 aliphatic rings. The van der Waals surface area contributed by atoms with E-state index in [0.29, 0.717) is 5.56 Å². The van der Waals surface area contributed by atoms with E-state index in [1.165, 1.54) is 24.4 Å². The Balaban J connectivity index is 1.91. The normalized spacial score (nSPS) is 10.7. The SMILES string of the molecule is O=C(Cc1nn[nH]n1)N/N=C\c1ccc(O)cc1O. The molecule has 98 valence electrons. The Labute approximate surface area is 107 Å². The minimum atomic E-state index is -0.420. The Kier molecular flexibility index (Phi) is 3.67. The second kappa shape index (κ2) is 5.58. The van der Waals surface area contributed by atoms with Crippen molar-refractivity contribution in [3.05, 3.63) is 29.6 Å². The van der Waals surface area contributed by atoms with Crippen molar-refractivity contribution in [2.24, 2.45) is 5.10 Å². The van der Waals surface area contributed by atoms with Crippen LogP contribution >= 0.6 is 0 Å². The second-order valence-corrected chi connectivity index (χ2v) is 3.54. The fourth-order valence-corrected chi connectivity index (χ4v) is 1.26. The molecule has 0 saturated carbocycles. The molecule has 0 unspecified atom stereocenters. The summed E-state index contributed by atoms with van der Waals surface area (Å²) in [5, 5.41) is 35.0. The van der Waals surface area contributed by atoms with E-state index in [1.54, 1.807) is 0 Å². The van der Waals surface area contributed by atoms with E-state index < -0.39 is 5.91 Å². The first-order valence-corrected chi connectivity index (χ1v) is 5.21. The zero-order chi connectivity index (χ0) is 13.7. The van der Waals surface area contributed by atoms with Gasteiger partial charge in [0, 0.05) is 11.6 Å². The maximum absolute atomic E-state index is 11.4. The first kappa shape index (κ1) is 12.5. The number of tetrazole rings is 1. The number of hydrogen-bond acceptors (Lipinski definition) is 7. The highest BCUT2D eigenvalue weighted by molar-refractivity contribution is 5.85. The Bertz CT molecular complexity index is 595. The van der Waals surface area contributed by atoms with Gasteiger partial charge in [0.15, 0.2) is 5.82 Å². The van der Waals surface area contributed by atoms with Crippen molar-refractivity contribution in [1.82, 2.24) is 26.0 Å². The molecule has 1 aromatic heterocycles. The summed E-state index contributed by atoms with van der Waals surface area (Å²) >= 11 is 0. The summed E-state index contributed by atoms with van der Waals surface area (Å²) in [6.45, 7) is 0. The summed E-state index contributed by atoms with van der Waals surface area (Å²) in [6, 6.07) is 4.02.